The van der Waals surface area contributed by atoms with Crippen molar-refractivity contribution in [3.05, 3.63) is 35.6 Å². The van der Waals surface area contributed by atoms with Gasteiger partial charge in [0.25, 0.3) is 0 Å². The first-order chi connectivity index (χ1) is 8.86. The van der Waals surface area contributed by atoms with E-state index in [4.69, 9.17) is 4.74 Å². The molecule has 0 N–H and O–H groups in total. The highest BCUT2D eigenvalue weighted by molar-refractivity contribution is 7.91. The largest absolute Gasteiger partial charge is 0.459 e. The zero-order valence-corrected chi connectivity index (χ0v) is 11.3. The van der Waals surface area contributed by atoms with Gasteiger partial charge in [-0.15, -0.1) is 0 Å². The maximum Gasteiger partial charge on any atom is 0.338 e. The maximum atomic E-state index is 13.0. The first kappa shape index (κ1) is 14.0. The van der Waals surface area contributed by atoms with Crippen molar-refractivity contribution in [3.63, 3.8) is 0 Å². The van der Waals surface area contributed by atoms with E-state index in [1.807, 2.05) is 0 Å². The van der Waals surface area contributed by atoms with Crippen LogP contribution in [-0.4, -0.2) is 32.0 Å². The molecule has 1 fully saturated rings. The van der Waals surface area contributed by atoms with E-state index >= 15 is 0 Å². The highest BCUT2D eigenvalue weighted by atomic mass is 32.2. The van der Waals surface area contributed by atoms with Crippen LogP contribution in [0.15, 0.2) is 24.3 Å². The van der Waals surface area contributed by atoms with Gasteiger partial charge in [-0.25, -0.2) is 17.6 Å². The summed E-state index contributed by atoms with van der Waals surface area (Å²) in [5.74, 6) is -1.12. The molecule has 104 valence electrons. The lowest BCUT2D eigenvalue weighted by atomic mass is 10.2. The number of carbonyl (C=O) groups excluding carboxylic acids is 1. The van der Waals surface area contributed by atoms with Crippen molar-refractivity contribution in [2.75, 3.05) is 6.26 Å². The molecule has 0 aromatic heterocycles. The quantitative estimate of drug-likeness (QED) is 0.797. The van der Waals surface area contributed by atoms with Gasteiger partial charge in [-0.1, -0.05) is 6.07 Å². The van der Waals surface area contributed by atoms with E-state index < -0.39 is 33.0 Å². The average Bonchev–Trinajstić information content (AvgIpc) is 2.77. The molecule has 2 rings (SSSR count). The Morgan fingerprint density at radius 3 is 2.68 bits per heavy atom. The third-order valence-electron chi connectivity index (χ3n) is 3.28. The van der Waals surface area contributed by atoms with Crippen LogP contribution in [0.25, 0.3) is 0 Å². The van der Waals surface area contributed by atoms with Crippen molar-refractivity contribution in [1.29, 1.82) is 0 Å². The molecule has 1 aromatic carbocycles. The third kappa shape index (κ3) is 3.53. The molecule has 0 saturated heterocycles. The van der Waals surface area contributed by atoms with Crippen LogP contribution >= 0.6 is 0 Å². The molecule has 1 aromatic rings. The van der Waals surface area contributed by atoms with Crippen LogP contribution in [0.1, 0.15) is 29.6 Å². The number of ether oxygens (including phenoxy) is 1. The molecule has 1 saturated carbocycles. The Morgan fingerprint density at radius 1 is 1.37 bits per heavy atom. The summed E-state index contributed by atoms with van der Waals surface area (Å²) in [6.45, 7) is 0. The monoisotopic (exact) mass is 286 g/mol. The van der Waals surface area contributed by atoms with Crippen LogP contribution in [0, 0.1) is 5.82 Å². The normalized spacial score (nSPS) is 23.3. The highest BCUT2D eigenvalue weighted by Crippen LogP contribution is 2.27. The number of hydrogen-bond acceptors (Lipinski definition) is 4. The van der Waals surface area contributed by atoms with Gasteiger partial charge in [0.15, 0.2) is 0 Å². The van der Waals surface area contributed by atoms with Gasteiger partial charge in [0.1, 0.15) is 21.8 Å². The summed E-state index contributed by atoms with van der Waals surface area (Å²) in [5.41, 5.74) is 0.141. The topological polar surface area (TPSA) is 60.4 Å². The maximum absolute atomic E-state index is 13.0. The molecule has 0 heterocycles. The molecular formula is C13H15FO4S. The van der Waals surface area contributed by atoms with Gasteiger partial charge in [-0.05, 0) is 31.0 Å². The van der Waals surface area contributed by atoms with Crippen molar-refractivity contribution in [2.24, 2.45) is 0 Å². The number of hydrogen-bond donors (Lipinski definition) is 0. The first-order valence-electron chi connectivity index (χ1n) is 6.01. The lowest BCUT2D eigenvalue weighted by Crippen LogP contribution is -2.20. The van der Waals surface area contributed by atoms with E-state index in [0.29, 0.717) is 19.3 Å². The minimum Gasteiger partial charge on any atom is -0.459 e. The van der Waals surface area contributed by atoms with Crippen molar-refractivity contribution in [1.82, 2.24) is 0 Å². The standard InChI is InChI=1S/C13H15FO4S/c1-19(16,17)12-6-5-11(8-12)18-13(15)9-3-2-4-10(14)7-9/h2-4,7,11-12H,5-6,8H2,1H3/t11-,12-/m1/s1. The summed E-state index contributed by atoms with van der Waals surface area (Å²) in [6, 6.07) is 5.24. The smallest absolute Gasteiger partial charge is 0.338 e. The van der Waals surface area contributed by atoms with Crippen LogP contribution in [-0.2, 0) is 14.6 Å². The molecule has 0 bridgehead atoms. The second-order valence-electron chi connectivity index (χ2n) is 4.80. The van der Waals surface area contributed by atoms with Crippen LogP contribution in [0.2, 0.25) is 0 Å². The second-order valence-corrected chi connectivity index (χ2v) is 7.13. The summed E-state index contributed by atoms with van der Waals surface area (Å²) in [7, 11) is -3.09. The Hall–Kier alpha value is -1.43. The van der Waals surface area contributed by atoms with Crippen molar-refractivity contribution < 1.29 is 22.3 Å². The van der Waals surface area contributed by atoms with E-state index in [9.17, 15) is 17.6 Å². The molecule has 0 unspecified atom stereocenters. The van der Waals surface area contributed by atoms with Gasteiger partial charge < -0.3 is 4.74 Å². The van der Waals surface area contributed by atoms with E-state index in [0.717, 1.165) is 6.07 Å². The number of halogens is 1. The number of sulfone groups is 1. The zero-order chi connectivity index (χ0) is 14.0. The summed E-state index contributed by atoms with van der Waals surface area (Å²) >= 11 is 0. The first-order valence-corrected chi connectivity index (χ1v) is 7.97. The second kappa shape index (κ2) is 5.28. The predicted octanol–water partition coefficient (Wildman–Crippen LogP) is 1.95. The Morgan fingerprint density at radius 2 is 2.11 bits per heavy atom. The van der Waals surface area contributed by atoms with E-state index in [2.05, 4.69) is 0 Å². The molecule has 1 aliphatic rings. The van der Waals surface area contributed by atoms with Crippen molar-refractivity contribution in [2.45, 2.75) is 30.6 Å². The lowest BCUT2D eigenvalue weighted by Gasteiger charge is -2.12. The lowest BCUT2D eigenvalue weighted by molar-refractivity contribution is 0.0317. The molecule has 0 radical (unpaired) electrons. The average molecular weight is 286 g/mol. The van der Waals surface area contributed by atoms with Gasteiger partial charge in [0.2, 0.25) is 0 Å². The predicted molar refractivity (Wildman–Crippen MR) is 68.1 cm³/mol. The van der Waals surface area contributed by atoms with Crippen LogP contribution in [0.4, 0.5) is 4.39 Å². The SMILES string of the molecule is CS(=O)(=O)[C@@H]1CC[C@@H](OC(=O)c2cccc(F)c2)C1. The molecule has 4 nitrogen and oxygen atoms in total. The molecule has 0 spiro atoms. The Kier molecular flexibility index (Phi) is 3.89. The van der Waals surface area contributed by atoms with Crippen LogP contribution < -0.4 is 0 Å². The van der Waals surface area contributed by atoms with E-state index in [-0.39, 0.29) is 5.56 Å². The summed E-state index contributed by atoms with van der Waals surface area (Å²) < 4.78 is 41.0. The van der Waals surface area contributed by atoms with Gasteiger partial charge in [0, 0.05) is 12.7 Å². The number of carbonyl (C=O) groups is 1. The molecule has 19 heavy (non-hydrogen) atoms. The Labute approximate surface area is 111 Å². The third-order valence-corrected chi connectivity index (χ3v) is 4.92. The highest BCUT2D eigenvalue weighted by Gasteiger charge is 2.33. The van der Waals surface area contributed by atoms with Gasteiger partial charge in [-0.2, -0.15) is 0 Å². The van der Waals surface area contributed by atoms with E-state index in [1.54, 1.807) is 0 Å². The Balaban J connectivity index is 1.98. The minimum absolute atomic E-state index is 0.141. The zero-order valence-electron chi connectivity index (χ0n) is 10.5. The molecule has 0 amide bonds. The fourth-order valence-electron chi connectivity index (χ4n) is 2.23. The van der Waals surface area contributed by atoms with Crippen LogP contribution in [0.5, 0.6) is 0 Å². The van der Waals surface area contributed by atoms with Crippen LogP contribution in [0.3, 0.4) is 0 Å². The Bertz CT molecular complexity index is 582. The fourth-order valence-corrected chi connectivity index (χ4v) is 3.36. The summed E-state index contributed by atoms with van der Waals surface area (Å²) in [6.07, 6.45) is 2.13. The molecule has 6 heteroatoms. The fraction of sp³-hybridized carbons (Fsp3) is 0.462. The molecule has 0 aliphatic heterocycles. The number of rotatable bonds is 3. The summed E-state index contributed by atoms with van der Waals surface area (Å²) in [5, 5.41) is -0.446. The van der Waals surface area contributed by atoms with Gasteiger partial charge >= 0.3 is 5.97 Å². The van der Waals surface area contributed by atoms with Crippen molar-refractivity contribution in [3.8, 4) is 0 Å². The number of esters is 1. The molecular weight excluding hydrogens is 271 g/mol. The van der Waals surface area contributed by atoms with Gasteiger partial charge in [-0.3, -0.25) is 0 Å². The van der Waals surface area contributed by atoms with E-state index in [1.165, 1.54) is 24.5 Å². The van der Waals surface area contributed by atoms with Gasteiger partial charge in [0.05, 0.1) is 10.8 Å². The summed E-state index contributed by atoms with van der Waals surface area (Å²) in [4.78, 5) is 11.8. The van der Waals surface area contributed by atoms with Crippen molar-refractivity contribution >= 4 is 15.8 Å². The minimum atomic E-state index is -3.09. The molecule has 2 atom stereocenters. The molecule has 1 aliphatic carbocycles. The number of benzene rings is 1.